The molecule has 0 aromatic rings. The second-order valence-corrected chi connectivity index (χ2v) is 2.69. The molecule has 0 aliphatic heterocycles. The largest absolute Gasteiger partial charge is 0.298 e. The lowest BCUT2D eigenvalue weighted by molar-refractivity contribution is -0.135. The lowest BCUT2D eigenvalue weighted by Crippen LogP contribution is -2.23. The van der Waals surface area contributed by atoms with E-state index in [2.05, 4.69) is 0 Å². The first-order chi connectivity index (χ1) is 5.16. The highest BCUT2D eigenvalue weighted by Crippen LogP contribution is 2.19. The van der Waals surface area contributed by atoms with E-state index in [1.165, 1.54) is 0 Å². The maximum Gasteiger partial charge on any atom is 0.151 e. The van der Waals surface area contributed by atoms with Gasteiger partial charge in [0, 0.05) is 19.3 Å². The number of hydrogen-bond donors (Lipinski definition) is 0. The molecule has 0 atom stereocenters. The van der Waals surface area contributed by atoms with E-state index in [1.807, 2.05) is 0 Å². The molecule has 11 heavy (non-hydrogen) atoms. The Morgan fingerprint density at radius 1 is 1.36 bits per heavy atom. The summed E-state index contributed by atoms with van der Waals surface area (Å²) in [5, 5.41) is 0. The highest BCUT2D eigenvalue weighted by molar-refractivity contribution is 6.23. The minimum Gasteiger partial charge on any atom is -0.298 e. The van der Waals surface area contributed by atoms with Gasteiger partial charge >= 0.3 is 0 Å². The third kappa shape index (κ3) is 1.37. The maximum atomic E-state index is 11.0. The molecule has 1 saturated carbocycles. The topological polar surface area (TPSA) is 51.2 Å². The minimum atomic E-state index is -0.903. The molecule has 1 aliphatic rings. The van der Waals surface area contributed by atoms with E-state index in [-0.39, 0.29) is 36.6 Å². The molecule has 3 heteroatoms. The normalized spacial score (nSPS) is 19.4. The molecular formula is C8H10O3. The van der Waals surface area contributed by atoms with Crippen LogP contribution in [0.25, 0.3) is 0 Å². The van der Waals surface area contributed by atoms with Crippen LogP contribution in [0.1, 0.15) is 26.2 Å². The average Bonchev–Trinajstić information content (AvgIpc) is 2.30. The van der Waals surface area contributed by atoms with Gasteiger partial charge in [-0.3, -0.25) is 14.4 Å². The van der Waals surface area contributed by atoms with Gasteiger partial charge in [-0.15, -0.1) is 0 Å². The first kappa shape index (κ1) is 8.11. The summed E-state index contributed by atoms with van der Waals surface area (Å²) in [4.78, 5) is 32.9. The van der Waals surface area contributed by atoms with Crippen molar-refractivity contribution in [3.8, 4) is 0 Å². The third-order valence-electron chi connectivity index (χ3n) is 1.93. The predicted octanol–water partition coefficient (Wildman–Crippen LogP) is 0.514. The summed E-state index contributed by atoms with van der Waals surface area (Å²) in [6.07, 6.45) is 0.798. The van der Waals surface area contributed by atoms with Crippen molar-refractivity contribution in [1.29, 1.82) is 0 Å². The van der Waals surface area contributed by atoms with Crippen molar-refractivity contribution in [1.82, 2.24) is 0 Å². The monoisotopic (exact) mass is 154 g/mol. The number of carbonyl (C=O) groups excluding carboxylic acids is 3. The number of carbonyl (C=O) groups is 3. The van der Waals surface area contributed by atoms with E-state index in [0.717, 1.165) is 0 Å². The van der Waals surface area contributed by atoms with Crippen molar-refractivity contribution in [2.24, 2.45) is 5.92 Å². The summed E-state index contributed by atoms with van der Waals surface area (Å²) in [5.74, 6) is -1.51. The van der Waals surface area contributed by atoms with Crippen LogP contribution in [-0.2, 0) is 14.4 Å². The van der Waals surface area contributed by atoms with Crippen LogP contribution in [0.4, 0.5) is 0 Å². The zero-order chi connectivity index (χ0) is 8.43. The summed E-state index contributed by atoms with van der Waals surface area (Å²) in [5.41, 5.74) is 0. The number of ketones is 3. The molecule has 0 N–H and O–H groups in total. The van der Waals surface area contributed by atoms with E-state index < -0.39 is 5.92 Å². The number of hydrogen-bond acceptors (Lipinski definition) is 3. The van der Waals surface area contributed by atoms with Crippen LogP contribution in [0.2, 0.25) is 0 Å². The summed E-state index contributed by atoms with van der Waals surface area (Å²) >= 11 is 0. The summed E-state index contributed by atoms with van der Waals surface area (Å²) in [6.45, 7) is 1.67. The van der Waals surface area contributed by atoms with Crippen molar-refractivity contribution >= 4 is 17.3 Å². The van der Waals surface area contributed by atoms with Crippen LogP contribution in [0.5, 0.6) is 0 Å². The van der Waals surface area contributed by atoms with Gasteiger partial charge in [0.25, 0.3) is 0 Å². The standard InChI is InChI=1S/C8H10O3/c1-2-5(9)8-6(10)3-4-7(8)11/h8H,2-4H2,1H3. The molecule has 0 aromatic carbocycles. The molecular weight excluding hydrogens is 144 g/mol. The fourth-order valence-corrected chi connectivity index (χ4v) is 1.28. The molecule has 0 radical (unpaired) electrons. The molecule has 1 rings (SSSR count). The second kappa shape index (κ2) is 2.95. The number of Topliss-reactive ketones (excluding diaryl/α,β-unsaturated/α-hetero) is 3. The van der Waals surface area contributed by atoms with Crippen molar-refractivity contribution in [2.75, 3.05) is 0 Å². The molecule has 0 aromatic heterocycles. The van der Waals surface area contributed by atoms with Gasteiger partial charge < -0.3 is 0 Å². The molecule has 0 amide bonds. The third-order valence-corrected chi connectivity index (χ3v) is 1.93. The molecule has 1 fully saturated rings. The van der Waals surface area contributed by atoms with Gasteiger partial charge in [-0.2, -0.15) is 0 Å². The minimum absolute atomic E-state index is 0.193. The van der Waals surface area contributed by atoms with E-state index in [4.69, 9.17) is 0 Å². The Balaban J connectivity index is 2.76. The highest BCUT2D eigenvalue weighted by atomic mass is 16.2. The Kier molecular flexibility index (Phi) is 2.17. The summed E-state index contributed by atoms with van der Waals surface area (Å²) in [7, 11) is 0. The Morgan fingerprint density at radius 2 is 1.82 bits per heavy atom. The van der Waals surface area contributed by atoms with Crippen molar-refractivity contribution in [3.05, 3.63) is 0 Å². The van der Waals surface area contributed by atoms with E-state index in [9.17, 15) is 14.4 Å². The first-order valence-corrected chi connectivity index (χ1v) is 3.75. The molecule has 3 nitrogen and oxygen atoms in total. The van der Waals surface area contributed by atoms with E-state index >= 15 is 0 Å². The fraction of sp³-hybridized carbons (Fsp3) is 0.625. The van der Waals surface area contributed by atoms with Gasteiger partial charge in [-0.1, -0.05) is 6.92 Å². The molecule has 0 bridgehead atoms. The average molecular weight is 154 g/mol. The first-order valence-electron chi connectivity index (χ1n) is 3.75. The SMILES string of the molecule is CCC(=O)C1C(=O)CCC1=O. The van der Waals surface area contributed by atoms with Crippen LogP contribution in [-0.4, -0.2) is 17.3 Å². The summed E-state index contributed by atoms with van der Waals surface area (Å²) < 4.78 is 0. The number of rotatable bonds is 2. The van der Waals surface area contributed by atoms with Gasteiger partial charge in [0.1, 0.15) is 5.92 Å². The lowest BCUT2D eigenvalue weighted by Gasteiger charge is -2.01. The molecule has 0 saturated heterocycles. The molecule has 1 aliphatic carbocycles. The van der Waals surface area contributed by atoms with Crippen LogP contribution in [0.3, 0.4) is 0 Å². The van der Waals surface area contributed by atoms with Gasteiger partial charge in [-0.25, -0.2) is 0 Å². The van der Waals surface area contributed by atoms with Crippen LogP contribution in [0.15, 0.2) is 0 Å². The molecule has 60 valence electrons. The van der Waals surface area contributed by atoms with Gasteiger partial charge in [0.05, 0.1) is 0 Å². The second-order valence-electron chi connectivity index (χ2n) is 2.69. The fourth-order valence-electron chi connectivity index (χ4n) is 1.28. The summed E-state index contributed by atoms with van der Waals surface area (Å²) in [6, 6.07) is 0. The van der Waals surface area contributed by atoms with Crippen molar-refractivity contribution in [2.45, 2.75) is 26.2 Å². The van der Waals surface area contributed by atoms with Gasteiger partial charge in [-0.05, 0) is 0 Å². The van der Waals surface area contributed by atoms with Crippen LogP contribution >= 0.6 is 0 Å². The molecule has 0 heterocycles. The zero-order valence-corrected chi connectivity index (χ0v) is 6.42. The van der Waals surface area contributed by atoms with Crippen molar-refractivity contribution in [3.63, 3.8) is 0 Å². The Morgan fingerprint density at radius 3 is 2.18 bits per heavy atom. The van der Waals surface area contributed by atoms with E-state index in [1.54, 1.807) is 6.92 Å². The lowest BCUT2D eigenvalue weighted by atomic mass is 9.99. The quantitative estimate of drug-likeness (QED) is 0.544. The van der Waals surface area contributed by atoms with E-state index in [0.29, 0.717) is 0 Å². The maximum absolute atomic E-state index is 11.0. The Hall–Kier alpha value is -0.990. The van der Waals surface area contributed by atoms with Crippen molar-refractivity contribution < 1.29 is 14.4 Å². The molecule has 0 unspecified atom stereocenters. The smallest absolute Gasteiger partial charge is 0.151 e. The molecule has 0 spiro atoms. The Bertz CT molecular complexity index is 201. The zero-order valence-electron chi connectivity index (χ0n) is 6.42. The van der Waals surface area contributed by atoms with Gasteiger partial charge in [0.2, 0.25) is 0 Å². The Labute approximate surface area is 64.8 Å². The highest BCUT2D eigenvalue weighted by Gasteiger charge is 2.37. The van der Waals surface area contributed by atoms with Gasteiger partial charge in [0.15, 0.2) is 17.3 Å². The van der Waals surface area contributed by atoms with Crippen LogP contribution < -0.4 is 0 Å². The predicted molar refractivity (Wildman–Crippen MR) is 38.0 cm³/mol. The van der Waals surface area contributed by atoms with Crippen LogP contribution in [0, 0.1) is 5.92 Å².